The van der Waals surface area contributed by atoms with Crippen LogP contribution in [0.4, 0.5) is 0 Å². The highest BCUT2D eigenvalue weighted by Crippen LogP contribution is 2.42. The van der Waals surface area contributed by atoms with E-state index in [9.17, 15) is 5.11 Å². The second kappa shape index (κ2) is 12.8. The third-order valence-electron chi connectivity index (χ3n) is 9.60. The van der Waals surface area contributed by atoms with Crippen LogP contribution in [-0.2, 0) is 11.1 Å². The molecule has 1 aliphatic carbocycles. The zero-order valence-corrected chi connectivity index (χ0v) is 27.9. The van der Waals surface area contributed by atoms with E-state index in [0.717, 1.165) is 45.5 Å². The van der Waals surface area contributed by atoms with Crippen LogP contribution in [0.5, 0.6) is 0 Å². The van der Waals surface area contributed by atoms with Crippen LogP contribution < -0.4 is 5.46 Å². The molecule has 0 bridgehead atoms. The van der Waals surface area contributed by atoms with Crippen molar-refractivity contribution in [3.63, 3.8) is 0 Å². The van der Waals surface area contributed by atoms with Crippen LogP contribution in [0.25, 0.3) is 56.5 Å². The second-order valence-corrected chi connectivity index (χ2v) is 13.5. The Labute approximate surface area is 284 Å². The Hall–Kier alpha value is -5.10. The summed E-state index contributed by atoms with van der Waals surface area (Å²) < 4.78 is 6.14. The van der Waals surface area contributed by atoms with E-state index in [1.54, 1.807) is 13.8 Å². The van der Waals surface area contributed by atoms with Gasteiger partial charge in [0.15, 0.2) is 5.82 Å². The van der Waals surface area contributed by atoms with E-state index in [-0.39, 0.29) is 0 Å². The van der Waals surface area contributed by atoms with Crippen LogP contribution in [0.1, 0.15) is 44.5 Å². The van der Waals surface area contributed by atoms with Gasteiger partial charge in [0.25, 0.3) is 0 Å². The minimum Gasteiger partial charge on any atom is -0.427 e. The molecule has 1 N–H and O–H groups in total. The SMILES string of the molecule is CC(C)(O)C(C)(C)OBc1ccc(-c2nc(/C=C3/Cc4ccccc4-c4ccccc43)c(-c3ccccc3)c(-c3ccccc3)n2)cc1. The smallest absolute Gasteiger partial charge is 0.309 e. The van der Waals surface area contributed by atoms with Crippen LogP contribution in [0.15, 0.2) is 133 Å². The van der Waals surface area contributed by atoms with E-state index >= 15 is 0 Å². The fraction of sp³-hybridized carbons (Fsp3) is 0.163. The lowest BCUT2D eigenvalue weighted by atomic mass is 9.81. The van der Waals surface area contributed by atoms with Crippen LogP contribution in [0.2, 0.25) is 0 Å². The maximum absolute atomic E-state index is 10.5. The fourth-order valence-corrected chi connectivity index (χ4v) is 6.13. The van der Waals surface area contributed by atoms with E-state index in [1.165, 1.54) is 27.8 Å². The summed E-state index contributed by atoms with van der Waals surface area (Å²) in [4.78, 5) is 10.6. The molecule has 4 nitrogen and oxygen atoms in total. The first-order valence-corrected chi connectivity index (χ1v) is 16.5. The fourth-order valence-electron chi connectivity index (χ4n) is 6.13. The monoisotopic (exact) mass is 626 g/mol. The first-order valence-electron chi connectivity index (χ1n) is 16.5. The van der Waals surface area contributed by atoms with Crippen LogP contribution in [0, 0.1) is 0 Å². The van der Waals surface area contributed by atoms with Gasteiger partial charge in [-0.3, -0.25) is 0 Å². The molecular weight excluding hydrogens is 587 g/mol. The molecule has 0 unspecified atom stereocenters. The highest BCUT2D eigenvalue weighted by atomic mass is 16.5. The Morgan fingerprint density at radius 2 is 1.21 bits per heavy atom. The number of hydrogen-bond donors (Lipinski definition) is 1. The van der Waals surface area contributed by atoms with Crippen LogP contribution >= 0.6 is 0 Å². The Bertz CT molecular complexity index is 2100. The topological polar surface area (TPSA) is 55.2 Å². The van der Waals surface area contributed by atoms with E-state index in [1.807, 2.05) is 26.0 Å². The molecular formula is C43H39BN2O2. The van der Waals surface area contributed by atoms with Gasteiger partial charge < -0.3 is 9.76 Å². The molecule has 48 heavy (non-hydrogen) atoms. The van der Waals surface area contributed by atoms with Gasteiger partial charge in [0, 0.05) is 16.7 Å². The van der Waals surface area contributed by atoms with Gasteiger partial charge in [0.05, 0.1) is 22.6 Å². The Kier molecular flexibility index (Phi) is 8.42. The molecule has 236 valence electrons. The first kappa shape index (κ1) is 31.5. The Morgan fingerprint density at radius 3 is 1.88 bits per heavy atom. The van der Waals surface area contributed by atoms with E-state index in [2.05, 4.69) is 127 Å². The maximum atomic E-state index is 10.5. The molecule has 0 saturated carbocycles. The van der Waals surface area contributed by atoms with Crippen molar-refractivity contribution in [2.75, 3.05) is 0 Å². The zero-order valence-electron chi connectivity index (χ0n) is 27.9. The third kappa shape index (κ3) is 6.27. The van der Waals surface area contributed by atoms with Gasteiger partial charge in [-0.15, -0.1) is 0 Å². The largest absolute Gasteiger partial charge is 0.427 e. The van der Waals surface area contributed by atoms with Crippen molar-refractivity contribution in [2.24, 2.45) is 0 Å². The van der Waals surface area contributed by atoms with Crippen molar-refractivity contribution in [1.29, 1.82) is 0 Å². The third-order valence-corrected chi connectivity index (χ3v) is 9.60. The molecule has 6 aromatic rings. The number of hydrogen-bond acceptors (Lipinski definition) is 4. The summed E-state index contributed by atoms with van der Waals surface area (Å²) in [5, 5.41) is 10.5. The summed E-state index contributed by atoms with van der Waals surface area (Å²) in [5.74, 6) is 0.661. The quantitative estimate of drug-likeness (QED) is 0.172. The van der Waals surface area contributed by atoms with Crippen LogP contribution in [-0.4, -0.2) is 33.8 Å². The van der Waals surface area contributed by atoms with Crippen molar-refractivity contribution in [3.8, 4) is 44.9 Å². The van der Waals surface area contributed by atoms with E-state index in [4.69, 9.17) is 14.6 Å². The summed E-state index contributed by atoms with van der Waals surface area (Å²) in [6.45, 7) is 7.37. The van der Waals surface area contributed by atoms with E-state index < -0.39 is 11.2 Å². The highest BCUT2D eigenvalue weighted by Gasteiger charge is 2.35. The van der Waals surface area contributed by atoms with Crippen molar-refractivity contribution >= 4 is 24.6 Å². The molecule has 1 heterocycles. The standard InChI is InChI=1S/C43H39BN2O2/c1-42(2,47)43(3,4)48-44-34-25-23-31(24-26-34)41-45-38(28-33-27-32-19-11-12-20-35(32)37-22-14-13-21-36(33)37)39(29-15-7-5-8-16-29)40(46-41)30-17-9-6-10-18-30/h5-26,28,44,47H,27H2,1-4H3/b33-28-. The minimum atomic E-state index is -0.971. The van der Waals surface area contributed by atoms with E-state index in [0.29, 0.717) is 13.3 Å². The lowest BCUT2D eigenvalue weighted by Gasteiger charge is -2.37. The zero-order chi connectivity index (χ0) is 33.3. The van der Waals surface area contributed by atoms with Crippen molar-refractivity contribution in [1.82, 2.24) is 9.97 Å². The lowest BCUT2D eigenvalue weighted by Crippen LogP contribution is -2.49. The molecule has 7 rings (SSSR count). The molecule has 1 aromatic heterocycles. The Morgan fingerprint density at radius 1 is 0.625 bits per heavy atom. The maximum Gasteiger partial charge on any atom is 0.309 e. The summed E-state index contributed by atoms with van der Waals surface area (Å²) in [6, 6.07) is 46.4. The van der Waals surface area contributed by atoms with Crippen molar-refractivity contribution in [2.45, 2.75) is 45.3 Å². The number of aliphatic hydroxyl groups is 1. The predicted molar refractivity (Wildman–Crippen MR) is 200 cm³/mol. The average molecular weight is 627 g/mol. The summed E-state index contributed by atoms with van der Waals surface area (Å²) >= 11 is 0. The molecule has 5 aromatic carbocycles. The molecule has 0 amide bonds. The number of fused-ring (bicyclic) bond motifs is 3. The molecule has 5 heteroatoms. The first-order chi connectivity index (χ1) is 23.2. The molecule has 0 fully saturated rings. The normalized spacial score (nSPS) is 13.6. The highest BCUT2D eigenvalue weighted by molar-refractivity contribution is 6.47. The van der Waals surface area contributed by atoms with Crippen LogP contribution in [0.3, 0.4) is 0 Å². The summed E-state index contributed by atoms with van der Waals surface area (Å²) in [5.41, 5.74) is 11.5. The summed E-state index contributed by atoms with van der Waals surface area (Å²) in [7, 11) is 0.387. The average Bonchev–Trinajstić information content (AvgIpc) is 3.11. The number of allylic oxidation sites excluding steroid dienone is 1. The number of aromatic nitrogens is 2. The van der Waals surface area contributed by atoms with Gasteiger partial charge in [0.1, 0.15) is 0 Å². The van der Waals surface area contributed by atoms with Gasteiger partial charge in [-0.05, 0) is 73.6 Å². The molecule has 0 saturated heterocycles. The molecule has 0 radical (unpaired) electrons. The number of benzene rings is 5. The number of rotatable bonds is 8. The van der Waals surface area contributed by atoms with Gasteiger partial charge in [-0.25, -0.2) is 9.97 Å². The van der Waals surface area contributed by atoms with Crippen molar-refractivity contribution < 1.29 is 9.76 Å². The van der Waals surface area contributed by atoms with Crippen molar-refractivity contribution in [3.05, 3.63) is 150 Å². The molecule has 1 aliphatic rings. The number of nitrogens with zero attached hydrogens (tertiary/aromatic N) is 2. The van der Waals surface area contributed by atoms with Gasteiger partial charge in [0.2, 0.25) is 0 Å². The Balaban J connectivity index is 1.39. The molecule has 0 atom stereocenters. The predicted octanol–water partition coefficient (Wildman–Crippen LogP) is 8.78. The lowest BCUT2D eigenvalue weighted by molar-refractivity contribution is -0.0893. The van der Waals surface area contributed by atoms with Gasteiger partial charge in [-0.1, -0.05) is 139 Å². The summed E-state index contributed by atoms with van der Waals surface area (Å²) in [6.07, 6.45) is 3.09. The van der Waals surface area contributed by atoms with Gasteiger partial charge >= 0.3 is 7.48 Å². The second-order valence-electron chi connectivity index (χ2n) is 13.5. The molecule has 0 aliphatic heterocycles. The minimum absolute atomic E-state index is 0.387. The van der Waals surface area contributed by atoms with Gasteiger partial charge in [-0.2, -0.15) is 0 Å². The molecule has 0 spiro atoms.